The van der Waals surface area contributed by atoms with Crippen LogP contribution in [-0.4, -0.2) is 46.9 Å². The van der Waals surface area contributed by atoms with E-state index in [4.69, 9.17) is 9.15 Å². The number of nitrogens with one attached hydrogen (secondary N) is 2. The van der Waals surface area contributed by atoms with Gasteiger partial charge in [-0.25, -0.2) is 4.98 Å². The maximum absolute atomic E-state index is 13.4. The van der Waals surface area contributed by atoms with Gasteiger partial charge in [0.25, 0.3) is 0 Å². The second-order valence-corrected chi connectivity index (χ2v) is 11.7. The Morgan fingerprint density at radius 3 is 2.25 bits per heavy atom. The normalized spacial score (nSPS) is 12.1. The second-order valence-electron chi connectivity index (χ2n) is 11.7. The minimum atomic E-state index is -1.02. The van der Waals surface area contributed by atoms with Gasteiger partial charge in [0.05, 0.1) is 18.2 Å². The predicted molar refractivity (Wildman–Crippen MR) is 184 cm³/mol. The van der Waals surface area contributed by atoms with Crippen molar-refractivity contribution in [1.82, 2.24) is 10.3 Å². The van der Waals surface area contributed by atoms with Crippen molar-refractivity contribution in [3.05, 3.63) is 137 Å². The lowest BCUT2D eigenvalue weighted by Gasteiger charge is -2.23. The van der Waals surface area contributed by atoms with E-state index in [1.165, 1.54) is 6.92 Å². The van der Waals surface area contributed by atoms with Gasteiger partial charge in [0, 0.05) is 47.8 Å². The molecule has 0 saturated carbocycles. The molecule has 0 aliphatic carbocycles. The second kappa shape index (κ2) is 16.2. The molecule has 1 amide bonds. The molecule has 5 aromatic rings. The van der Waals surface area contributed by atoms with Gasteiger partial charge in [0.15, 0.2) is 5.78 Å². The first kappa shape index (κ1) is 33.7. The SMILES string of the molecule is Cc1oc(-c2ccccc2)nc1CCOc1ccc(C[C@@H](CNC(=O)CC(C)C(=O)O)Nc2ccccc2C(=O)c2ccccc2)cc1. The van der Waals surface area contributed by atoms with E-state index in [1.807, 2.05) is 97.9 Å². The van der Waals surface area contributed by atoms with Crippen LogP contribution in [0.25, 0.3) is 11.5 Å². The van der Waals surface area contributed by atoms with E-state index in [0.717, 1.165) is 22.6 Å². The molecule has 246 valence electrons. The first-order valence-electron chi connectivity index (χ1n) is 15.9. The fourth-order valence-corrected chi connectivity index (χ4v) is 5.26. The summed E-state index contributed by atoms with van der Waals surface area (Å²) in [6.07, 6.45) is 0.985. The lowest BCUT2D eigenvalue weighted by molar-refractivity contribution is -0.143. The minimum Gasteiger partial charge on any atom is -0.493 e. The summed E-state index contributed by atoms with van der Waals surface area (Å²) < 4.78 is 11.9. The first-order valence-corrected chi connectivity index (χ1v) is 15.9. The lowest BCUT2D eigenvalue weighted by atomic mass is 10.00. The maximum atomic E-state index is 13.4. The number of aryl methyl sites for hydroxylation is 1. The first-order chi connectivity index (χ1) is 23.3. The molecule has 0 spiro atoms. The maximum Gasteiger partial charge on any atom is 0.306 e. The van der Waals surface area contributed by atoms with Crippen molar-refractivity contribution in [2.24, 2.45) is 5.92 Å². The lowest BCUT2D eigenvalue weighted by Crippen LogP contribution is -2.39. The Morgan fingerprint density at radius 2 is 1.54 bits per heavy atom. The van der Waals surface area contributed by atoms with Crippen molar-refractivity contribution in [3.63, 3.8) is 0 Å². The van der Waals surface area contributed by atoms with Gasteiger partial charge in [-0.05, 0) is 55.3 Å². The van der Waals surface area contributed by atoms with Crippen molar-refractivity contribution in [2.75, 3.05) is 18.5 Å². The summed E-state index contributed by atoms with van der Waals surface area (Å²) in [4.78, 5) is 41.9. The Balaban J connectivity index is 1.24. The van der Waals surface area contributed by atoms with Crippen LogP contribution in [0.2, 0.25) is 0 Å². The standard InChI is InChI=1S/C39H39N3O6/c1-26(39(45)46)23-36(43)40-25-31(41-35-16-10-9-15-33(35)37(44)29-11-5-3-6-12-29)24-28-17-19-32(20-18-28)47-22-21-34-27(2)48-38(42-34)30-13-7-4-8-14-30/h3-20,26,31,41H,21-25H2,1-2H3,(H,40,43)(H,45,46)/t26?,31-/m0/s1. The number of ketones is 1. The number of amides is 1. The van der Waals surface area contributed by atoms with E-state index >= 15 is 0 Å². The van der Waals surface area contributed by atoms with Crippen LogP contribution >= 0.6 is 0 Å². The molecule has 0 fully saturated rings. The molecule has 4 aromatic carbocycles. The van der Waals surface area contributed by atoms with Gasteiger partial charge in [-0.3, -0.25) is 14.4 Å². The Kier molecular flexibility index (Phi) is 11.4. The zero-order chi connectivity index (χ0) is 33.9. The van der Waals surface area contributed by atoms with E-state index in [9.17, 15) is 19.5 Å². The number of carbonyl (C=O) groups excluding carboxylic acids is 2. The molecule has 48 heavy (non-hydrogen) atoms. The third kappa shape index (κ3) is 9.19. The Labute approximate surface area is 280 Å². The zero-order valence-electron chi connectivity index (χ0n) is 27.0. The largest absolute Gasteiger partial charge is 0.493 e. The van der Waals surface area contributed by atoms with Crippen LogP contribution in [-0.2, 0) is 22.4 Å². The molecule has 9 heteroatoms. The number of anilines is 1. The summed E-state index contributed by atoms with van der Waals surface area (Å²) in [5.41, 5.74) is 4.50. The highest BCUT2D eigenvalue weighted by atomic mass is 16.5. The Morgan fingerprint density at radius 1 is 0.875 bits per heavy atom. The molecule has 0 aliphatic heterocycles. The molecule has 0 bridgehead atoms. The van der Waals surface area contributed by atoms with E-state index in [-0.39, 0.29) is 30.7 Å². The van der Waals surface area contributed by atoms with E-state index in [2.05, 4.69) is 15.6 Å². The predicted octanol–water partition coefficient (Wildman–Crippen LogP) is 6.75. The molecule has 0 aliphatic rings. The van der Waals surface area contributed by atoms with Crippen molar-refractivity contribution < 1.29 is 28.6 Å². The number of nitrogens with zero attached hydrogens (tertiary/aromatic N) is 1. The molecule has 5 rings (SSSR count). The van der Waals surface area contributed by atoms with Crippen LogP contribution in [0, 0.1) is 12.8 Å². The van der Waals surface area contributed by atoms with E-state index in [0.29, 0.717) is 47.9 Å². The number of carbonyl (C=O) groups is 3. The highest BCUT2D eigenvalue weighted by Gasteiger charge is 2.20. The monoisotopic (exact) mass is 645 g/mol. The van der Waals surface area contributed by atoms with Crippen LogP contribution in [0.5, 0.6) is 5.75 Å². The summed E-state index contributed by atoms with van der Waals surface area (Å²) >= 11 is 0. The molecule has 3 N–H and O–H groups in total. The van der Waals surface area contributed by atoms with E-state index in [1.54, 1.807) is 18.2 Å². The van der Waals surface area contributed by atoms with Gasteiger partial charge in [0.2, 0.25) is 11.8 Å². The molecule has 1 heterocycles. The quantitative estimate of drug-likeness (QED) is 0.100. The number of benzene rings is 4. The fraction of sp³-hybridized carbons (Fsp3) is 0.231. The van der Waals surface area contributed by atoms with Crippen LogP contribution in [0.1, 0.15) is 46.3 Å². The molecule has 1 unspecified atom stereocenters. The number of para-hydroxylation sites is 1. The average molecular weight is 646 g/mol. The van der Waals surface area contributed by atoms with Gasteiger partial charge < -0.3 is 24.9 Å². The number of hydrogen-bond donors (Lipinski definition) is 3. The summed E-state index contributed by atoms with van der Waals surface area (Å²) in [6, 6.07) is 33.5. The highest BCUT2D eigenvalue weighted by Crippen LogP contribution is 2.24. The van der Waals surface area contributed by atoms with Gasteiger partial charge >= 0.3 is 5.97 Å². The fourth-order valence-electron chi connectivity index (χ4n) is 5.26. The van der Waals surface area contributed by atoms with Crippen molar-refractivity contribution in [1.29, 1.82) is 0 Å². The van der Waals surface area contributed by atoms with Crippen LogP contribution in [0.4, 0.5) is 5.69 Å². The number of aromatic nitrogens is 1. The molecule has 0 radical (unpaired) electrons. The molecule has 2 atom stereocenters. The zero-order valence-corrected chi connectivity index (χ0v) is 27.0. The topological polar surface area (TPSA) is 131 Å². The Hall–Kier alpha value is -5.70. The van der Waals surface area contributed by atoms with Crippen LogP contribution in [0.15, 0.2) is 114 Å². The summed E-state index contributed by atoms with van der Waals surface area (Å²) in [7, 11) is 0. The van der Waals surface area contributed by atoms with Gasteiger partial charge in [0.1, 0.15) is 11.5 Å². The third-order valence-electron chi connectivity index (χ3n) is 7.95. The number of oxazole rings is 1. The van der Waals surface area contributed by atoms with Crippen molar-refractivity contribution in [3.8, 4) is 17.2 Å². The summed E-state index contributed by atoms with van der Waals surface area (Å²) in [5.74, 6) is -0.223. The van der Waals surface area contributed by atoms with Gasteiger partial charge in [-0.15, -0.1) is 0 Å². The van der Waals surface area contributed by atoms with Gasteiger partial charge in [-0.2, -0.15) is 0 Å². The third-order valence-corrected chi connectivity index (χ3v) is 7.95. The number of aliphatic carboxylic acids is 1. The Bertz CT molecular complexity index is 1820. The molecule has 9 nitrogen and oxygen atoms in total. The van der Waals surface area contributed by atoms with Crippen LogP contribution in [0.3, 0.4) is 0 Å². The summed E-state index contributed by atoms with van der Waals surface area (Å²) in [6.45, 7) is 4.05. The molecule has 0 saturated heterocycles. The van der Waals surface area contributed by atoms with Crippen molar-refractivity contribution in [2.45, 2.75) is 39.2 Å². The van der Waals surface area contributed by atoms with Crippen molar-refractivity contribution >= 4 is 23.3 Å². The number of carboxylic acid groups (broad SMARTS) is 1. The van der Waals surface area contributed by atoms with Crippen LogP contribution < -0.4 is 15.4 Å². The number of carboxylic acids is 1. The highest BCUT2D eigenvalue weighted by molar-refractivity contribution is 6.12. The summed E-state index contributed by atoms with van der Waals surface area (Å²) in [5, 5.41) is 15.6. The molecular weight excluding hydrogens is 606 g/mol. The minimum absolute atomic E-state index is 0.115. The smallest absolute Gasteiger partial charge is 0.306 e. The average Bonchev–Trinajstić information content (AvgIpc) is 3.48. The molecule has 1 aromatic heterocycles. The van der Waals surface area contributed by atoms with Gasteiger partial charge in [-0.1, -0.05) is 79.7 Å². The number of ether oxygens (including phenoxy) is 1. The molecular formula is C39H39N3O6. The number of hydrogen-bond acceptors (Lipinski definition) is 7. The number of rotatable bonds is 16. The van der Waals surface area contributed by atoms with E-state index < -0.39 is 11.9 Å².